The van der Waals surface area contributed by atoms with Crippen molar-refractivity contribution in [2.24, 2.45) is 0 Å². The fourth-order valence-electron chi connectivity index (χ4n) is 4.59. The number of carbonyl (C=O) groups is 1. The monoisotopic (exact) mass is 386 g/mol. The number of methoxy groups -OCH3 is 1. The summed E-state index contributed by atoms with van der Waals surface area (Å²) in [4.78, 5) is 13.4. The van der Waals surface area contributed by atoms with Crippen LogP contribution in [-0.4, -0.2) is 18.0 Å². The van der Waals surface area contributed by atoms with Crippen molar-refractivity contribution in [3.05, 3.63) is 88.3 Å². The molecular formula is C24H22N2O3. The number of hydrogen-bond acceptors (Lipinski definition) is 5. The number of aromatic nitrogens is 1. The van der Waals surface area contributed by atoms with Gasteiger partial charge in [-0.3, -0.25) is 4.79 Å². The van der Waals surface area contributed by atoms with Gasteiger partial charge in [-0.1, -0.05) is 47.6 Å². The van der Waals surface area contributed by atoms with Gasteiger partial charge in [-0.15, -0.1) is 0 Å². The van der Waals surface area contributed by atoms with Gasteiger partial charge in [-0.05, 0) is 42.5 Å². The van der Waals surface area contributed by atoms with Crippen LogP contribution in [0.15, 0.2) is 70.4 Å². The highest BCUT2D eigenvalue weighted by molar-refractivity contribution is 6.01. The van der Waals surface area contributed by atoms with Crippen LogP contribution in [0.3, 0.4) is 0 Å². The number of fused-ring (bicyclic) bond motifs is 1. The number of ether oxygens (including phenoxy) is 1. The molecule has 2 unspecified atom stereocenters. The van der Waals surface area contributed by atoms with E-state index in [0.717, 1.165) is 40.3 Å². The number of Topliss-reactive ketones (excluding diaryl/α,β-unsaturated/α-hetero) is 1. The van der Waals surface area contributed by atoms with Gasteiger partial charge < -0.3 is 14.6 Å². The standard InChI is InChI=1S/C24H22N2O3/c1-14-21-22(16-9-6-10-18(11-16)28-2)23-19(25-24(21)29-26-14)12-17(13-20(23)27)15-7-4-3-5-8-15/h3-11,17,22,25H,12-13H2,1-2H3. The quantitative estimate of drug-likeness (QED) is 0.690. The first-order valence-corrected chi connectivity index (χ1v) is 9.84. The normalized spacial score (nSPS) is 20.7. The van der Waals surface area contributed by atoms with Gasteiger partial charge in [0, 0.05) is 23.6 Å². The molecule has 2 aliphatic rings. The van der Waals surface area contributed by atoms with Gasteiger partial charge in [0.1, 0.15) is 5.75 Å². The maximum atomic E-state index is 13.4. The lowest BCUT2D eigenvalue weighted by atomic mass is 9.72. The number of aryl methyl sites for hydroxylation is 1. The predicted octanol–water partition coefficient (Wildman–Crippen LogP) is 4.95. The molecule has 0 saturated carbocycles. The van der Waals surface area contributed by atoms with Crippen LogP contribution >= 0.6 is 0 Å². The molecule has 0 amide bonds. The van der Waals surface area contributed by atoms with Crippen LogP contribution in [0.25, 0.3) is 0 Å². The van der Waals surface area contributed by atoms with Crippen molar-refractivity contribution >= 4 is 11.7 Å². The second kappa shape index (κ2) is 6.92. The van der Waals surface area contributed by atoms with Crippen LogP contribution in [0, 0.1) is 6.92 Å². The third kappa shape index (κ3) is 2.94. The van der Waals surface area contributed by atoms with E-state index in [1.54, 1.807) is 7.11 Å². The molecule has 5 nitrogen and oxygen atoms in total. The van der Waals surface area contributed by atoms with E-state index in [0.29, 0.717) is 12.3 Å². The molecule has 0 fully saturated rings. The molecule has 0 radical (unpaired) electrons. The number of allylic oxidation sites excluding steroid dienone is 2. The summed E-state index contributed by atoms with van der Waals surface area (Å²) in [5.74, 6) is 1.53. The second-order valence-corrected chi connectivity index (χ2v) is 7.68. The summed E-state index contributed by atoms with van der Waals surface area (Å²) >= 11 is 0. The molecule has 146 valence electrons. The van der Waals surface area contributed by atoms with E-state index in [1.165, 1.54) is 5.56 Å². The minimum Gasteiger partial charge on any atom is -0.497 e. The lowest BCUT2D eigenvalue weighted by molar-refractivity contribution is -0.116. The van der Waals surface area contributed by atoms with Gasteiger partial charge in [0.25, 0.3) is 0 Å². The van der Waals surface area contributed by atoms with E-state index in [-0.39, 0.29) is 17.6 Å². The largest absolute Gasteiger partial charge is 0.497 e. The Hall–Kier alpha value is -3.34. The van der Waals surface area contributed by atoms with Gasteiger partial charge in [-0.2, -0.15) is 0 Å². The molecule has 5 rings (SSSR count). The maximum Gasteiger partial charge on any atom is 0.233 e. The summed E-state index contributed by atoms with van der Waals surface area (Å²) in [6.45, 7) is 1.92. The van der Waals surface area contributed by atoms with Crippen molar-refractivity contribution in [3.8, 4) is 5.75 Å². The molecule has 29 heavy (non-hydrogen) atoms. The van der Waals surface area contributed by atoms with Crippen molar-refractivity contribution in [1.29, 1.82) is 0 Å². The molecule has 0 saturated heterocycles. The topological polar surface area (TPSA) is 64.4 Å². The van der Waals surface area contributed by atoms with Crippen molar-refractivity contribution in [3.63, 3.8) is 0 Å². The number of benzene rings is 2. The third-order valence-electron chi connectivity index (χ3n) is 5.96. The smallest absolute Gasteiger partial charge is 0.233 e. The molecule has 0 spiro atoms. The van der Waals surface area contributed by atoms with Gasteiger partial charge >= 0.3 is 0 Å². The first-order valence-electron chi connectivity index (χ1n) is 9.84. The number of carbonyl (C=O) groups excluding carboxylic acids is 1. The molecule has 1 aliphatic heterocycles. The van der Waals surface area contributed by atoms with E-state index in [2.05, 4.69) is 22.6 Å². The number of anilines is 1. The molecule has 2 aromatic carbocycles. The van der Waals surface area contributed by atoms with Crippen LogP contribution in [0.5, 0.6) is 5.75 Å². The first-order chi connectivity index (χ1) is 14.2. The molecular weight excluding hydrogens is 364 g/mol. The zero-order valence-corrected chi connectivity index (χ0v) is 16.4. The van der Waals surface area contributed by atoms with Crippen LogP contribution in [-0.2, 0) is 4.79 Å². The Morgan fingerprint density at radius 2 is 1.86 bits per heavy atom. The molecule has 5 heteroatoms. The van der Waals surface area contributed by atoms with Crippen LogP contribution in [0.4, 0.5) is 5.88 Å². The van der Waals surface area contributed by atoms with E-state index in [1.807, 2.05) is 49.4 Å². The van der Waals surface area contributed by atoms with Gasteiger partial charge in [0.2, 0.25) is 5.88 Å². The molecule has 0 bridgehead atoms. The number of ketones is 1. The SMILES string of the molecule is COc1cccc(C2C3=C(CC(c4ccccc4)CC3=O)Nc3onc(C)c32)c1. The Bertz CT molecular complexity index is 1110. The zero-order valence-electron chi connectivity index (χ0n) is 16.4. The van der Waals surface area contributed by atoms with Crippen molar-refractivity contribution in [2.45, 2.75) is 31.6 Å². The second-order valence-electron chi connectivity index (χ2n) is 7.68. The molecule has 3 aromatic rings. The number of nitrogens with zero attached hydrogens (tertiary/aromatic N) is 1. The Morgan fingerprint density at radius 3 is 2.66 bits per heavy atom. The van der Waals surface area contributed by atoms with Crippen LogP contribution < -0.4 is 10.1 Å². The summed E-state index contributed by atoms with van der Waals surface area (Å²) in [6, 6.07) is 18.1. The molecule has 2 atom stereocenters. The number of rotatable bonds is 3. The third-order valence-corrected chi connectivity index (χ3v) is 5.96. The average molecular weight is 386 g/mol. The van der Waals surface area contributed by atoms with Crippen LogP contribution in [0.2, 0.25) is 0 Å². The number of hydrogen-bond donors (Lipinski definition) is 1. The first kappa shape index (κ1) is 17.7. The zero-order chi connectivity index (χ0) is 20.0. The van der Waals surface area contributed by atoms with Crippen molar-refractivity contribution < 1.29 is 14.1 Å². The van der Waals surface area contributed by atoms with E-state index >= 15 is 0 Å². The van der Waals surface area contributed by atoms with Crippen LogP contribution in [0.1, 0.15) is 47.1 Å². The maximum absolute atomic E-state index is 13.4. The highest BCUT2D eigenvalue weighted by Gasteiger charge is 2.41. The fraction of sp³-hybridized carbons (Fsp3) is 0.250. The van der Waals surface area contributed by atoms with E-state index in [4.69, 9.17) is 9.26 Å². The minimum absolute atomic E-state index is 0.159. The lowest BCUT2D eigenvalue weighted by Gasteiger charge is -2.34. The van der Waals surface area contributed by atoms with E-state index in [9.17, 15) is 4.79 Å². The highest BCUT2D eigenvalue weighted by Crippen LogP contribution is 2.49. The number of nitrogens with one attached hydrogen (secondary N) is 1. The molecule has 1 aromatic heterocycles. The van der Waals surface area contributed by atoms with Gasteiger partial charge in [0.15, 0.2) is 5.78 Å². The Morgan fingerprint density at radius 1 is 1.07 bits per heavy atom. The van der Waals surface area contributed by atoms with Gasteiger partial charge in [-0.25, -0.2) is 0 Å². The molecule has 2 heterocycles. The van der Waals surface area contributed by atoms with Gasteiger partial charge in [0.05, 0.1) is 18.4 Å². The summed E-state index contributed by atoms with van der Waals surface area (Å²) in [5, 5.41) is 7.55. The Labute approximate surface area is 169 Å². The lowest BCUT2D eigenvalue weighted by Crippen LogP contribution is -2.29. The predicted molar refractivity (Wildman–Crippen MR) is 110 cm³/mol. The summed E-state index contributed by atoms with van der Waals surface area (Å²) in [5.41, 5.74) is 5.69. The Kier molecular flexibility index (Phi) is 4.23. The fourth-order valence-corrected chi connectivity index (χ4v) is 4.59. The minimum atomic E-state index is -0.202. The molecule has 1 aliphatic carbocycles. The average Bonchev–Trinajstić information content (AvgIpc) is 3.13. The van der Waals surface area contributed by atoms with Crippen molar-refractivity contribution in [1.82, 2.24) is 5.16 Å². The molecule has 1 N–H and O–H groups in total. The summed E-state index contributed by atoms with van der Waals surface area (Å²) < 4.78 is 11.0. The Balaban J connectivity index is 1.63. The summed E-state index contributed by atoms with van der Waals surface area (Å²) in [6.07, 6.45) is 1.27. The highest BCUT2D eigenvalue weighted by atomic mass is 16.5. The van der Waals surface area contributed by atoms with Crippen molar-refractivity contribution in [2.75, 3.05) is 12.4 Å². The summed E-state index contributed by atoms with van der Waals surface area (Å²) in [7, 11) is 1.65. The van der Waals surface area contributed by atoms with E-state index < -0.39 is 0 Å².